The Kier molecular flexibility index (Phi) is 10.9. The van der Waals surface area contributed by atoms with Crippen molar-refractivity contribution in [2.75, 3.05) is 12.4 Å². The van der Waals surface area contributed by atoms with E-state index in [0.717, 1.165) is 18.8 Å². The molecule has 1 N–H and O–H groups in total. The molecule has 0 aromatic rings. The zero-order valence-electron chi connectivity index (χ0n) is 10.7. The first-order valence-electron chi connectivity index (χ1n) is 6.51. The number of alkyl halides is 1. The van der Waals surface area contributed by atoms with E-state index in [1.54, 1.807) is 0 Å². The van der Waals surface area contributed by atoms with Gasteiger partial charge in [0.15, 0.2) is 0 Å². The van der Waals surface area contributed by atoms with Gasteiger partial charge in [0.05, 0.1) is 0 Å². The van der Waals surface area contributed by atoms with Crippen molar-refractivity contribution in [2.24, 2.45) is 5.92 Å². The van der Waals surface area contributed by atoms with E-state index < -0.39 is 0 Å². The first-order valence-corrected chi connectivity index (χ1v) is 7.05. The van der Waals surface area contributed by atoms with E-state index in [1.807, 2.05) is 0 Å². The fourth-order valence-electron chi connectivity index (χ4n) is 1.80. The molecule has 0 heterocycles. The largest absolute Gasteiger partial charge is 0.314 e. The van der Waals surface area contributed by atoms with Crippen LogP contribution in [0.5, 0.6) is 0 Å². The molecule has 0 bridgehead atoms. The Balaban J connectivity index is 3.37. The van der Waals surface area contributed by atoms with E-state index in [4.69, 9.17) is 11.6 Å². The summed E-state index contributed by atoms with van der Waals surface area (Å²) in [6.07, 6.45) is 7.87. The van der Waals surface area contributed by atoms with Crippen LogP contribution >= 0.6 is 11.6 Å². The lowest BCUT2D eigenvalue weighted by Crippen LogP contribution is -2.34. The SMILES string of the molecule is CCCCCCCNC(CCCl)C(C)C. The van der Waals surface area contributed by atoms with Crippen LogP contribution in [-0.2, 0) is 0 Å². The van der Waals surface area contributed by atoms with Crippen LogP contribution in [-0.4, -0.2) is 18.5 Å². The van der Waals surface area contributed by atoms with Gasteiger partial charge in [-0.05, 0) is 25.3 Å². The van der Waals surface area contributed by atoms with Gasteiger partial charge in [0.2, 0.25) is 0 Å². The van der Waals surface area contributed by atoms with Gasteiger partial charge < -0.3 is 5.32 Å². The summed E-state index contributed by atoms with van der Waals surface area (Å²) < 4.78 is 0. The minimum absolute atomic E-state index is 0.605. The van der Waals surface area contributed by atoms with Crippen molar-refractivity contribution in [3.63, 3.8) is 0 Å². The molecule has 0 aromatic heterocycles. The summed E-state index contributed by atoms with van der Waals surface area (Å²) in [4.78, 5) is 0. The van der Waals surface area contributed by atoms with Gasteiger partial charge in [-0.1, -0.05) is 46.5 Å². The Labute approximate surface area is 101 Å². The highest BCUT2D eigenvalue weighted by molar-refractivity contribution is 6.17. The van der Waals surface area contributed by atoms with E-state index in [-0.39, 0.29) is 0 Å². The summed E-state index contributed by atoms with van der Waals surface area (Å²) in [7, 11) is 0. The highest BCUT2D eigenvalue weighted by Crippen LogP contribution is 2.08. The van der Waals surface area contributed by atoms with Gasteiger partial charge in [0.1, 0.15) is 0 Å². The third kappa shape index (κ3) is 9.19. The van der Waals surface area contributed by atoms with Crippen LogP contribution in [0.2, 0.25) is 0 Å². The zero-order valence-corrected chi connectivity index (χ0v) is 11.4. The Bertz CT molecular complexity index is 126. The first kappa shape index (κ1) is 15.2. The number of hydrogen-bond donors (Lipinski definition) is 1. The van der Waals surface area contributed by atoms with Gasteiger partial charge in [-0.25, -0.2) is 0 Å². The van der Waals surface area contributed by atoms with Crippen molar-refractivity contribution >= 4 is 11.6 Å². The van der Waals surface area contributed by atoms with E-state index in [9.17, 15) is 0 Å². The molecule has 0 amide bonds. The minimum atomic E-state index is 0.605. The maximum atomic E-state index is 5.78. The zero-order chi connectivity index (χ0) is 11.5. The molecule has 1 atom stereocenters. The molecule has 0 spiro atoms. The first-order chi connectivity index (χ1) is 7.22. The van der Waals surface area contributed by atoms with Gasteiger partial charge in [-0.15, -0.1) is 11.6 Å². The van der Waals surface area contributed by atoms with Gasteiger partial charge in [-0.3, -0.25) is 0 Å². The summed E-state index contributed by atoms with van der Waals surface area (Å²) in [6, 6.07) is 0.605. The number of unbranched alkanes of at least 4 members (excludes halogenated alkanes) is 4. The van der Waals surface area contributed by atoms with Crippen LogP contribution in [0.4, 0.5) is 0 Å². The fourth-order valence-corrected chi connectivity index (χ4v) is 2.04. The van der Waals surface area contributed by atoms with E-state index in [2.05, 4.69) is 26.1 Å². The molecule has 1 unspecified atom stereocenters. The van der Waals surface area contributed by atoms with E-state index in [0.29, 0.717) is 12.0 Å². The van der Waals surface area contributed by atoms with Crippen molar-refractivity contribution in [1.29, 1.82) is 0 Å². The lowest BCUT2D eigenvalue weighted by Gasteiger charge is -2.21. The maximum Gasteiger partial charge on any atom is 0.0238 e. The minimum Gasteiger partial charge on any atom is -0.314 e. The van der Waals surface area contributed by atoms with Crippen molar-refractivity contribution in [3.8, 4) is 0 Å². The second-order valence-corrected chi connectivity index (χ2v) is 5.07. The summed E-state index contributed by atoms with van der Waals surface area (Å²) in [5, 5.41) is 3.61. The molecule has 0 aliphatic rings. The Morgan fingerprint density at radius 1 is 1.07 bits per heavy atom. The van der Waals surface area contributed by atoms with Crippen molar-refractivity contribution in [1.82, 2.24) is 5.32 Å². The normalized spacial score (nSPS) is 13.4. The summed E-state index contributed by atoms with van der Waals surface area (Å²) in [5.41, 5.74) is 0. The molecule has 2 heteroatoms. The lowest BCUT2D eigenvalue weighted by molar-refractivity contribution is 0.385. The highest BCUT2D eigenvalue weighted by atomic mass is 35.5. The van der Waals surface area contributed by atoms with Crippen LogP contribution in [0.3, 0.4) is 0 Å². The molecule has 0 aromatic carbocycles. The quantitative estimate of drug-likeness (QED) is 0.441. The molecule has 0 aliphatic heterocycles. The van der Waals surface area contributed by atoms with Gasteiger partial charge >= 0.3 is 0 Å². The molecule has 0 fully saturated rings. The van der Waals surface area contributed by atoms with Crippen LogP contribution in [0, 0.1) is 5.92 Å². The maximum absolute atomic E-state index is 5.78. The average Bonchev–Trinajstić information content (AvgIpc) is 2.21. The van der Waals surface area contributed by atoms with E-state index >= 15 is 0 Å². The summed E-state index contributed by atoms with van der Waals surface area (Å²) >= 11 is 5.78. The highest BCUT2D eigenvalue weighted by Gasteiger charge is 2.10. The van der Waals surface area contributed by atoms with Crippen molar-refractivity contribution in [3.05, 3.63) is 0 Å². The number of halogens is 1. The predicted molar refractivity (Wildman–Crippen MR) is 70.7 cm³/mol. The van der Waals surface area contributed by atoms with Crippen LogP contribution < -0.4 is 5.32 Å². The third-order valence-electron chi connectivity index (χ3n) is 2.91. The molecule has 0 saturated carbocycles. The van der Waals surface area contributed by atoms with Crippen molar-refractivity contribution in [2.45, 2.75) is 65.3 Å². The van der Waals surface area contributed by atoms with Crippen LogP contribution in [0.1, 0.15) is 59.3 Å². The topological polar surface area (TPSA) is 12.0 Å². The van der Waals surface area contributed by atoms with Crippen molar-refractivity contribution < 1.29 is 0 Å². The number of nitrogens with one attached hydrogen (secondary N) is 1. The molecule has 0 rings (SSSR count). The smallest absolute Gasteiger partial charge is 0.0238 e. The second-order valence-electron chi connectivity index (χ2n) is 4.70. The predicted octanol–water partition coefficient (Wildman–Crippen LogP) is 4.20. The molecular weight excluding hydrogens is 206 g/mol. The standard InChI is InChI=1S/C13H28ClN/c1-4-5-6-7-8-11-15-13(9-10-14)12(2)3/h12-13,15H,4-11H2,1-3H3. The van der Waals surface area contributed by atoms with E-state index in [1.165, 1.54) is 32.1 Å². The van der Waals surface area contributed by atoms with Gasteiger partial charge in [0, 0.05) is 11.9 Å². The fraction of sp³-hybridized carbons (Fsp3) is 1.00. The monoisotopic (exact) mass is 233 g/mol. The molecule has 0 radical (unpaired) electrons. The molecular formula is C13H28ClN. The summed E-state index contributed by atoms with van der Waals surface area (Å²) in [5.74, 6) is 1.46. The second kappa shape index (κ2) is 10.8. The molecule has 0 aliphatic carbocycles. The van der Waals surface area contributed by atoms with Gasteiger partial charge in [0.25, 0.3) is 0 Å². The summed E-state index contributed by atoms with van der Waals surface area (Å²) in [6.45, 7) is 7.94. The van der Waals surface area contributed by atoms with Crippen LogP contribution in [0.25, 0.3) is 0 Å². The molecule has 1 nitrogen and oxygen atoms in total. The van der Waals surface area contributed by atoms with Gasteiger partial charge in [-0.2, -0.15) is 0 Å². The molecule has 92 valence electrons. The molecule has 0 saturated heterocycles. The Morgan fingerprint density at radius 2 is 1.73 bits per heavy atom. The molecule has 15 heavy (non-hydrogen) atoms. The third-order valence-corrected chi connectivity index (χ3v) is 3.13. The lowest BCUT2D eigenvalue weighted by atomic mass is 10.0. The number of rotatable bonds is 10. The Hall–Kier alpha value is 0.250. The number of hydrogen-bond acceptors (Lipinski definition) is 1. The average molecular weight is 234 g/mol. The van der Waals surface area contributed by atoms with Crippen LogP contribution in [0.15, 0.2) is 0 Å². The Morgan fingerprint density at radius 3 is 2.27 bits per heavy atom.